The molecule has 11 heavy (non-hydrogen) atoms. The Hall–Kier alpha value is -0.710. The predicted octanol–water partition coefficient (Wildman–Crippen LogP) is 1.59. The SMILES string of the molecule is Nc1onc(NC2CC2)c1Br. The van der Waals surface area contributed by atoms with E-state index in [4.69, 9.17) is 10.3 Å². The van der Waals surface area contributed by atoms with Crippen molar-refractivity contribution in [2.75, 3.05) is 11.1 Å². The van der Waals surface area contributed by atoms with E-state index in [1.807, 2.05) is 0 Å². The average Bonchev–Trinajstić information content (AvgIpc) is 2.74. The fourth-order valence-electron chi connectivity index (χ4n) is 0.802. The van der Waals surface area contributed by atoms with Gasteiger partial charge in [-0.3, -0.25) is 0 Å². The number of hydrogen-bond donors (Lipinski definition) is 2. The summed E-state index contributed by atoms with van der Waals surface area (Å²) < 4.78 is 5.47. The van der Waals surface area contributed by atoms with Gasteiger partial charge in [-0.2, -0.15) is 0 Å². The molecule has 1 aromatic rings. The molecule has 0 aromatic carbocycles. The number of hydrogen-bond acceptors (Lipinski definition) is 4. The Balaban J connectivity index is 2.15. The number of nitrogens with one attached hydrogen (secondary N) is 1. The van der Waals surface area contributed by atoms with Crippen molar-refractivity contribution in [1.29, 1.82) is 0 Å². The first-order chi connectivity index (χ1) is 5.27. The van der Waals surface area contributed by atoms with E-state index in [-0.39, 0.29) is 0 Å². The number of nitrogens with two attached hydrogens (primary N) is 1. The van der Waals surface area contributed by atoms with Crippen molar-refractivity contribution in [1.82, 2.24) is 5.16 Å². The first kappa shape index (κ1) is 6.97. The van der Waals surface area contributed by atoms with Gasteiger partial charge in [0.1, 0.15) is 4.47 Å². The molecule has 0 spiro atoms. The Kier molecular flexibility index (Phi) is 1.52. The molecule has 0 amide bonds. The minimum atomic E-state index is 0.327. The van der Waals surface area contributed by atoms with Gasteiger partial charge in [-0.05, 0) is 28.8 Å². The molecule has 0 unspecified atom stereocenters. The molecule has 60 valence electrons. The molecule has 1 fully saturated rings. The molecule has 0 aliphatic heterocycles. The van der Waals surface area contributed by atoms with Crippen LogP contribution >= 0.6 is 15.9 Å². The molecular weight excluding hydrogens is 210 g/mol. The third kappa shape index (κ3) is 1.33. The zero-order chi connectivity index (χ0) is 7.84. The van der Waals surface area contributed by atoms with Gasteiger partial charge in [0.15, 0.2) is 5.82 Å². The summed E-state index contributed by atoms with van der Waals surface area (Å²) in [4.78, 5) is 0. The number of nitrogen functional groups attached to an aromatic ring is 1. The van der Waals surface area contributed by atoms with Crippen molar-refractivity contribution >= 4 is 27.6 Å². The maximum Gasteiger partial charge on any atom is 0.238 e. The molecule has 4 nitrogen and oxygen atoms in total. The molecular formula is C6H8BrN3O. The summed E-state index contributed by atoms with van der Waals surface area (Å²) in [5, 5.41) is 6.91. The average molecular weight is 218 g/mol. The van der Waals surface area contributed by atoms with Crippen LogP contribution in [0.3, 0.4) is 0 Å². The lowest BCUT2D eigenvalue weighted by atomic mass is 10.5. The smallest absolute Gasteiger partial charge is 0.238 e. The Morgan fingerprint density at radius 2 is 2.36 bits per heavy atom. The zero-order valence-corrected chi connectivity index (χ0v) is 7.39. The largest absolute Gasteiger partial charge is 0.367 e. The van der Waals surface area contributed by atoms with Crippen LogP contribution in [-0.2, 0) is 0 Å². The standard InChI is InChI=1S/C6H8BrN3O/c7-4-5(8)11-10-6(4)9-3-1-2-3/h3H,1-2,8H2,(H,9,10). The topological polar surface area (TPSA) is 64.1 Å². The highest BCUT2D eigenvalue weighted by Crippen LogP contribution is 2.32. The van der Waals surface area contributed by atoms with Gasteiger partial charge in [-0.1, -0.05) is 5.16 Å². The second-order valence-electron chi connectivity index (χ2n) is 2.63. The molecule has 0 saturated heterocycles. The summed E-state index contributed by atoms with van der Waals surface area (Å²) in [6, 6.07) is 0.566. The van der Waals surface area contributed by atoms with Gasteiger partial charge in [0.2, 0.25) is 5.88 Å². The van der Waals surface area contributed by atoms with E-state index in [0.29, 0.717) is 17.7 Å². The van der Waals surface area contributed by atoms with E-state index in [2.05, 4.69) is 26.4 Å². The summed E-state index contributed by atoms with van der Waals surface area (Å²) in [7, 11) is 0. The lowest BCUT2D eigenvalue weighted by Crippen LogP contribution is -2.01. The molecule has 3 N–H and O–H groups in total. The van der Waals surface area contributed by atoms with E-state index < -0.39 is 0 Å². The lowest BCUT2D eigenvalue weighted by molar-refractivity contribution is 0.439. The van der Waals surface area contributed by atoms with Gasteiger partial charge in [-0.15, -0.1) is 0 Å². The third-order valence-corrected chi connectivity index (χ3v) is 2.34. The van der Waals surface area contributed by atoms with E-state index in [1.54, 1.807) is 0 Å². The Labute approximate surface area is 72.2 Å². The van der Waals surface area contributed by atoms with E-state index in [0.717, 1.165) is 4.47 Å². The number of nitrogens with zero attached hydrogens (tertiary/aromatic N) is 1. The summed E-state index contributed by atoms with van der Waals surface area (Å²) in [5.74, 6) is 1.04. The highest BCUT2D eigenvalue weighted by atomic mass is 79.9. The van der Waals surface area contributed by atoms with Crippen molar-refractivity contribution in [3.05, 3.63) is 4.47 Å². The number of aromatic nitrogens is 1. The van der Waals surface area contributed by atoms with Gasteiger partial charge in [0, 0.05) is 6.04 Å². The van der Waals surface area contributed by atoms with Crippen LogP contribution in [0.5, 0.6) is 0 Å². The first-order valence-corrected chi connectivity index (χ1v) is 4.24. The normalized spacial score (nSPS) is 16.8. The molecule has 1 aromatic heterocycles. The number of halogens is 1. The second kappa shape index (κ2) is 2.41. The quantitative estimate of drug-likeness (QED) is 0.791. The summed E-state index contributed by atoms with van der Waals surface area (Å²) in [6.45, 7) is 0. The molecule has 0 atom stereocenters. The molecule has 0 bridgehead atoms. The van der Waals surface area contributed by atoms with Crippen molar-refractivity contribution in [2.24, 2.45) is 0 Å². The van der Waals surface area contributed by atoms with Crippen LogP contribution in [-0.4, -0.2) is 11.2 Å². The number of anilines is 2. The van der Waals surface area contributed by atoms with Crippen LogP contribution in [0, 0.1) is 0 Å². The maximum atomic E-state index is 5.42. The molecule has 5 heteroatoms. The molecule has 1 aliphatic rings. The predicted molar refractivity (Wildman–Crippen MR) is 45.3 cm³/mol. The lowest BCUT2D eigenvalue weighted by Gasteiger charge is -1.96. The van der Waals surface area contributed by atoms with Crippen LogP contribution in [0.4, 0.5) is 11.7 Å². The molecule has 1 saturated carbocycles. The van der Waals surface area contributed by atoms with Gasteiger partial charge in [-0.25, -0.2) is 0 Å². The van der Waals surface area contributed by atoms with Crippen molar-refractivity contribution in [2.45, 2.75) is 18.9 Å². The van der Waals surface area contributed by atoms with Crippen LogP contribution in [0.15, 0.2) is 9.00 Å². The van der Waals surface area contributed by atoms with Crippen molar-refractivity contribution in [3.63, 3.8) is 0 Å². The highest BCUT2D eigenvalue weighted by molar-refractivity contribution is 9.10. The zero-order valence-electron chi connectivity index (χ0n) is 5.80. The maximum absolute atomic E-state index is 5.42. The molecule has 2 rings (SSSR count). The van der Waals surface area contributed by atoms with E-state index >= 15 is 0 Å². The Bertz CT molecular complexity index is 269. The molecule has 0 radical (unpaired) electrons. The fraction of sp³-hybridized carbons (Fsp3) is 0.500. The van der Waals surface area contributed by atoms with Crippen LogP contribution < -0.4 is 11.1 Å². The summed E-state index contributed by atoms with van der Waals surface area (Å²) in [5.41, 5.74) is 5.42. The van der Waals surface area contributed by atoms with Gasteiger partial charge < -0.3 is 15.6 Å². The summed E-state index contributed by atoms with van der Waals surface area (Å²) >= 11 is 3.26. The number of rotatable bonds is 2. The monoisotopic (exact) mass is 217 g/mol. The van der Waals surface area contributed by atoms with Crippen molar-refractivity contribution < 1.29 is 4.52 Å². The fourth-order valence-corrected chi connectivity index (χ4v) is 1.06. The van der Waals surface area contributed by atoms with Gasteiger partial charge in [0.25, 0.3) is 0 Å². The highest BCUT2D eigenvalue weighted by Gasteiger charge is 2.23. The summed E-state index contributed by atoms with van der Waals surface area (Å²) in [6.07, 6.45) is 2.42. The van der Waals surface area contributed by atoms with Crippen LogP contribution in [0.1, 0.15) is 12.8 Å². The van der Waals surface area contributed by atoms with Gasteiger partial charge in [0.05, 0.1) is 0 Å². The Morgan fingerprint density at radius 1 is 1.64 bits per heavy atom. The van der Waals surface area contributed by atoms with Crippen LogP contribution in [0.2, 0.25) is 0 Å². The molecule has 1 heterocycles. The molecule has 1 aliphatic carbocycles. The van der Waals surface area contributed by atoms with E-state index in [1.165, 1.54) is 12.8 Å². The van der Waals surface area contributed by atoms with Gasteiger partial charge >= 0.3 is 0 Å². The first-order valence-electron chi connectivity index (χ1n) is 3.44. The minimum absolute atomic E-state index is 0.327. The third-order valence-electron chi connectivity index (χ3n) is 1.58. The second-order valence-corrected chi connectivity index (χ2v) is 3.42. The van der Waals surface area contributed by atoms with E-state index in [9.17, 15) is 0 Å². The minimum Gasteiger partial charge on any atom is -0.367 e. The Morgan fingerprint density at radius 3 is 2.82 bits per heavy atom. The van der Waals surface area contributed by atoms with Crippen molar-refractivity contribution in [3.8, 4) is 0 Å². The van der Waals surface area contributed by atoms with Crippen LogP contribution in [0.25, 0.3) is 0 Å².